The van der Waals surface area contributed by atoms with Gasteiger partial charge in [-0.25, -0.2) is 13.1 Å². The molecule has 0 aliphatic carbocycles. The minimum absolute atomic E-state index is 0.172. The van der Waals surface area contributed by atoms with Gasteiger partial charge in [-0.05, 0) is 25.0 Å². The molecule has 0 atom stereocenters. The van der Waals surface area contributed by atoms with Crippen molar-refractivity contribution in [2.24, 2.45) is 0 Å². The van der Waals surface area contributed by atoms with Crippen molar-refractivity contribution in [3.63, 3.8) is 0 Å². The van der Waals surface area contributed by atoms with Crippen LogP contribution in [0.2, 0.25) is 0 Å². The lowest BCUT2D eigenvalue weighted by molar-refractivity contribution is 0.100. The highest BCUT2D eigenvalue weighted by molar-refractivity contribution is 8.00. The molecule has 130 valence electrons. The maximum Gasteiger partial charge on any atom is 0.240 e. The second-order valence-corrected chi connectivity index (χ2v) is 8.27. The predicted molar refractivity (Wildman–Crippen MR) is 91.0 cm³/mol. The van der Waals surface area contributed by atoms with E-state index in [0.29, 0.717) is 23.3 Å². The summed E-state index contributed by atoms with van der Waals surface area (Å²) in [6.45, 7) is 2.00. The van der Waals surface area contributed by atoms with Crippen molar-refractivity contribution in [3.05, 3.63) is 18.2 Å². The standard InChI is InChI=1S/C15H23NO5S2/c1-19-14-4-3-13(11-15(14)20-2)23(17,18)16-7-10-22-12-5-8-21-9-6-12/h3-4,11-12,16H,5-10H2,1-2H3. The molecule has 1 fully saturated rings. The van der Waals surface area contributed by atoms with Crippen LogP contribution in [0.25, 0.3) is 0 Å². The van der Waals surface area contributed by atoms with Gasteiger partial charge in [0.05, 0.1) is 19.1 Å². The zero-order chi connectivity index (χ0) is 16.7. The molecule has 2 rings (SSSR count). The van der Waals surface area contributed by atoms with Crippen molar-refractivity contribution in [1.29, 1.82) is 0 Å². The minimum atomic E-state index is -3.54. The van der Waals surface area contributed by atoms with Crippen LogP contribution in [0.15, 0.2) is 23.1 Å². The van der Waals surface area contributed by atoms with Crippen LogP contribution in [0.5, 0.6) is 11.5 Å². The van der Waals surface area contributed by atoms with Crippen molar-refractivity contribution in [2.75, 3.05) is 39.7 Å². The first-order chi connectivity index (χ1) is 11.1. The van der Waals surface area contributed by atoms with Crippen molar-refractivity contribution in [1.82, 2.24) is 4.72 Å². The van der Waals surface area contributed by atoms with Gasteiger partial charge in [-0.3, -0.25) is 0 Å². The number of ether oxygens (including phenoxy) is 3. The molecule has 1 heterocycles. The predicted octanol–water partition coefficient (Wildman–Crippen LogP) is 1.89. The van der Waals surface area contributed by atoms with Gasteiger partial charge in [0.25, 0.3) is 0 Å². The summed E-state index contributed by atoms with van der Waals surface area (Å²) in [6.07, 6.45) is 2.07. The molecule has 1 saturated heterocycles. The van der Waals surface area contributed by atoms with Gasteiger partial charge >= 0.3 is 0 Å². The van der Waals surface area contributed by atoms with E-state index < -0.39 is 10.0 Å². The summed E-state index contributed by atoms with van der Waals surface area (Å²) in [4.78, 5) is 0.172. The van der Waals surface area contributed by atoms with Crippen molar-refractivity contribution in [3.8, 4) is 11.5 Å². The van der Waals surface area contributed by atoms with Crippen LogP contribution >= 0.6 is 11.8 Å². The highest BCUT2D eigenvalue weighted by Crippen LogP contribution is 2.29. The second kappa shape index (κ2) is 8.77. The molecule has 1 aromatic rings. The Bertz CT molecular complexity index is 600. The van der Waals surface area contributed by atoms with Crippen molar-refractivity contribution >= 4 is 21.8 Å². The molecular formula is C15H23NO5S2. The molecule has 0 saturated carbocycles. The van der Waals surface area contributed by atoms with Crippen molar-refractivity contribution in [2.45, 2.75) is 23.0 Å². The fraction of sp³-hybridized carbons (Fsp3) is 0.600. The molecule has 23 heavy (non-hydrogen) atoms. The number of nitrogens with one attached hydrogen (secondary N) is 1. The van der Waals surface area contributed by atoms with E-state index in [1.54, 1.807) is 17.8 Å². The fourth-order valence-electron chi connectivity index (χ4n) is 2.31. The third-order valence-corrected chi connectivity index (χ3v) is 6.42. The molecule has 1 aliphatic heterocycles. The van der Waals surface area contributed by atoms with Crippen LogP contribution in [-0.4, -0.2) is 53.4 Å². The highest BCUT2D eigenvalue weighted by atomic mass is 32.2. The lowest BCUT2D eigenvalue weighted by atomic mass is 10.2. The number of hydrogen-bond acceptors (Lipinski definition) is 6. The molecule has 0 bridgehead atoms. The average molecular weight is 361 g/mol. The summed E-state index contributed by atoms with van der Waals surface area (Å²) >= 11 is 1.80. The quantitative estimate of drug-likeness (QED) is 0.713. The Balaban J connectivity index is 1.88. The first-order valence-electron chi connectivity index (χ1n) is 7.48. The van der Waals surface area contributed by atoms with E-state index in [2.05, 4.69) is 4.72 Å². The Morgan fingerprint density at radius 3 is 2.57 bits per heavy atom. The molecule has 8 heteroatoms. The summed E-state index contributed by atoms with van der Waals surface area (Å²) in [6, 6.07) is 4.56. The normalized spacial score (nSPS) is 16.3. The molecule has 0 radical (unpaired) electrons. The highest BCUT2D eigenvalue weighted by Gasteiger charge is 2.18. The molecule has 1 aromatic carbocycles. The van der Waals surface area contributed by atoms with E-state index in [1.165, 1.54) is 26.4 Å². The summed E-state index contributed by atoms with van der Waals surface area (Å²) in [5.41, 5.74) is 0. The Hall–Kier alpha value is -0.960. The first kappa shape index (κ1) is 18.4. The van der Waals surface area contributed by atoms with E-state index in [-0.39, 0.29) is 4.90 Å². The first-order valence-corrected chi connectivity index (χ1v) is 10.0. The van der Waals surface area contributed by atoms with Crippen LogP contribution in [0, 0.1) is 0 Å². The van der Waals surface area contributed by atoms with Crippen LogP contribution in [-0.2, 0) is 14.8 Å². The topological polar surface area (TPSA) is 73.9 Å². The Kier molecular flexibility index (Phi) is 7.01. The average Bonchev–Trinajstić information content (AvgIpc) is 2.59. The maximum absolute atomic E-state index is 12.3. The van der Waals surface area contributed by atoms with Crippen LogP contribution in [0.3, 0.4) is 0 Å². The third-order valence-electron chi connectivity index (χ3n) is 3.58. The van der Waals surface area contributed by atoms with Gasteiger partial charge in [-0.2, -0.15) is 11.8 Å². The van der Waals surface area contributed by atoms with Gasteiger partial charge in [-0.15, -0.1) is 0 Å². The molecular weight excluding hydrogens is 338 g/mol. The van der Waals surface area contributed by atoms with Gasteiger partial charge in [-0.1, -0.05) is 0 Å². The zero-order valence-corrected chi connectivity index (χ0v) is 15.0. The van der Waals surface area contributed by atoms with Gasteiger partial charge in [0.15, 0.2) is 11.5 Å². The monoisotopic (exact) mass is 361 g/mol. The summed E-state index contributed by atoms with van der Waals surface area (Å²) in [7, 11) is -0.554. The number of hydrogen-bond donors (Lipinski definition) is 1. The van der Waals surface area contributed by atoms with Gasteiger partial charge in [0, 0.05) is 36.8 Å². The van der Waals surface area contributed by atoms with Crippen LogP contribution in [0.4, 0.5) is 0 Å². The van der Waals surface area contributed by atoms with Crippen molar-refractivity contribution < 1.29 is 22.6 Å². The second-order valence-electron chi connectivity index (χ2n) is 5.10. The minimum Gasteiger partial charge on any atom is -0.493 e. The lowest BCUT2D eigenvalue weighted by Gasteiger charge is -2.21. The van der Waals surface area contributed by atoms with E-state index in [0.717, 1.165) is 31.8 Å². The Morgan fingerprint density at radius 2 is 1.91 bits per heavy atom. The fourth-order valence-corrected chi connectivity index (χ4v) is 4.57. The van der Waals surface area contributed by atoms with Gasteiger partial charge < -0.3 is 14.2 Å². The number of thioether (sulfide) groups is 1. The smallest absolute Gasteiger partial charge is 0.240 e. The number of sulfonamides is 1. The molecule has 0 spiro atoms. The molecule has 1 aliphatic rings. The van der Waals surface area contributed by atoms with Crippen LogP contribution < -0.4 is 14.2 Å². The van der Waals surface area contributed by atoms with Gasteiger partial charge in [0.1, 0.15) is 0 Å². The number of rotatable bonds is 8. The molecule has 0 aromatic heterocycles. The summed E-state index contributed by atoms with van der Waals surface area (Å²) < 4.78 is 42.8. The van der Waals surface area contributed by atoms with E-state index in [1.807, 2.05) is 0 Å². The third kappa shape index (κ3) is 5.27. The Morgan fingerprint density at radius 1 is 1.22 bits per heavy atom. The Labute approximate surface area is 141 Å². The zero-order valence-electron chi connectivity index (χ0n) is 13.4. The molecule has 6 nitrogen and oxygen atoms in total. The maximum atomic E-state index is 12.3. The molecule has 0 amide bonds. The number of benzene rings is 1. The molecule has 1 N–H and O–H groups in total. The molecule has 0 unspecified atom stereocenters. The van der Waals surface area contributed by atoms with E-state index in [4.69, 9.17) is 14.2 Å². The van der Waals surface area contributed by atoms with Crippen LogP contribution in [0.1, 0.15) is 12.8 Å². The van der Waals surface area contributed by atoms with Gasteiger partial charge in [0.2, 0.25) is 10.0 Å². The van der Waals surface area contributed by atoms with E-state index in [9.17, 15) is 8.42 Å². The SMILES string of the molecule is COc1ccc(S(=O)(=O)NCCSC2CCOCC2)cc1OC. The van der Waals surface area contributed by atoms with E-state index >= 15 is 0 Å². The summed E-state index contributed by atoms with van der Waals surface area (Å²) in [5, 5.41) is 0.564. The number of methoxy groups -OCH3 is 2. The largest absolute Gasteiger partial charge is 0.493 e. The lowest BCUT2D eigenvalue weighted by Crippen LogP contribution is -2.27. The summed E-state index contributed by atoms with van der Waals surface area (Å²) in [5.74, 6) is 1.64.